The van der Waals surface area contributed by atoms with Crippen molar-refractivity contribution in [3.63, 3.8) is 0 Å². The van der Waals surface area contributed by atoms with Gasteiger partial charge in [0, 0.05) is 0 Å². The standard InChI is InChI=1S/C18H20O4.Fe/c19-17(15-9-3-4-10-15)21-13-7-1-2-8-14-22-18(20)16-11-5-6-12-16;/h3-6,9-12H,1-2,7-8,13-14H2;/q;+2. The van der Waals surface area contributed by atoms with Crippen LogP contribution in [0.15, 0.2) is 0 Å². The van der Waals surface area contributed by atoms with Gasteiger partial charge >= 0.3 is 29.0 Å². The first kappa shape index (κ1) is 20.5. The number of hydrogen-bond donors (Lipinski definition) is 0. The molecule has 2 aliphatic carbocycles. The zero-order valence-corrected chi connectivity index (χ0v) is 14.0. The van der Waals surface area contributed by atoms with Gasteiger partial charge in [0.1, 0.15) is 0 Å². The van der Waals surface area contributed by atoms with E-state index < -0.39 is 0 Å². The van der Waals surface area contributed by atoms with Gasteiger partial charge in [-0.15, -0.1) is 0 Å². The molecular weight excluding hydrogens is 336 g/mol. The maximum Gasteiger partial charge on any atom is 2.00 e. The molecule has 0 N–H and O–H groups in total. The van der Waals surface area contributed by atoms with Crippen LogP contribution in [0, 0.1) is 63.2 Å². The van der Waals surface area contributed by atoms with Crippen LogP contribution in [0.25, 0.3) is 0 Å². The second kappa shape index (κ2) is 11.9. The molecule has 0 heterocycles. The normalized spacial score (nSPS) is 18.6. The third-order valence-electron chi connectivity index (χ3n) is 3.30. The van der Waals surface area contributed by atoms with Crippen LogP contribution >= 0.6 is 0 Å². The topological polar surface area (TPSA) is 52.6 Å². The molecule has 0 spiro atoms. The maximum atomic E-state index is 11.5. The molecule has 0 aromatic rings. The van der Waals surface area contributed by atoms with E-state index in [4.69, 9.17) is 9.47 Å². The quantitative estimate of drug-likeness (QED) is 0.362. The molecule has 10 radical (unpaired) electrons. The number of rotatable bonds is 9. The van der Waals surface area contributed by atoms with E-state index in [0.29, 0.717) is 25.0 Å². The van der Waals surface area contributed by atoms with Crippen LogP contribution in [0.3, 0.4) is 0 Å². The molecule has 122 valence electrons. The first-order valence-corrected chi connectivity index (χ1v) is 7.55. The minimum Gasteiger partial charge on any atom is -0.465 e. The molecule has 0 aromatic heterocycles. The molecule has 0 amide bonds. The molecule has 5 heteroatoms. The van der Waals surface area contributed by atoms with Crippen LogP contribution in [0.2, 0.25) is 0 Å². The van der Waals surface area contributed by atoms with Crippen molar-refractivity contribution >= 4 is 11.9 Å². The van der Waals surface area contributed by atoms with E-state index in [1.807, 2.05) is 25.7 Å². The first-order valence-electron chi connectivity index (χ1n) is 7.55. The molecule has 2 saturated carbocycles. The number of ether oxygens (including phenoxy) is 2. The maximum absolute atomic E-state index is 11.5. The minimum atomic E-state index is -0.270. The number of hydrogen-bond acceptors (Lipinski definition) is 4. The average molecular weight is 356 g/mol. The van der Waals surface area contributed by atoms with Gasteiger partial charge in [-0.25, -0.2) is 0 Å². The Morgan fingerprint density at radius 1 is 0.652 bits per heavy atom. The van der Waals surface area contributed by atoms with Crippen LogP contribution in [0.5, 0.6) is 0 Å². The predicted molar refractivity (Wildman–Crippen MR) is 81.3 cm³/mol. The van der Waals surface area contributed by atoms with Crippen LogP contribution < -0.4 is 0 Å². The van der Waals surface area contributed by atoms with E-state index >= 15 is 0 Å². The zero-order valence-electron chi connectivity index (χ0n) is 12.8. The van der Waals surface area contributed by atoms with Crippen molar-refractivity contribution in [1.82, 2.24) is 0 Å². The summed E-state index contributed by atoms with van der Waals surface area (Å²) in [7, 11) is 0. The summed E-state index contributed by atoms with van der Waals surface area (Å²) in [5.74, 6) is 0.654. The SMILES string of the molecule is O=C(OCCCCCCOC(=O)[C]1[CH][CH][CH][CH]1)[C]1[CH][CH][CH][CH]1.[Fe+2]. The number of esters is 2. The molecule has 2 aliphatic rings. The molecule has 0 unspecified atom stereocenters. The summed E-state index contributed by atoms with van der Waals surface area (Å²) in [4.78, 5) is 23.1. The molecule has 2 fully saturated rings. The zero-order chi connectivity index (χ0) is 15.6. The van der Waals surface area contributed by atoms with Gasteiger partial charge < -0.3 is 9.47 Å². The fourth-order valence-corrected chi connectivity index (χ4v) is 2.07. The molecule has 0 atom stereocenters. The van der Waals surface area contributed by atoms with Gasteiger partial charge in [-0.2, -0.15) is 0 Å². The Morgan fingerprint density at radius 3 is 1.35 bits per heavy atom. The second-order valence-electron chi connectivity index (χ2n) is 5.03. The van der Waals surface area contributed by atoms with Crippen LogP contribution in [0.4, 0.5) is 0 Å². The first-order chi connectivity index (χ1) is 10.8. The molecular formula is C18H20FeO4+2. The summed E-state index contributed by atoms with van der Waals surface area (Å²) in [5.41, 5.74) is 0. The van der Waals surface area contributed by atoms with Crippen molar-refractivity contribution in [3.05, 3.63) is 63.2 Å². The van der Waals surface area contributed by atoms with E-state index in [9.17, 15) is 9.59 Å². The number of carbonyl (C=O) groups excluding carboxylic acids is 2. The Morgan fingerprint density at radius 2 is 1.00 bits per heavy atom. The molecule has 0 saturated heterocycles. The van der Waals surface area contributed by atoms with Gasteiger partial charge in [0.15, 0.2) is 0 Å². The molecule has 4 nitrogen and oxygen atoms in total. The summed E-state index contributed by atoms with van der Waals surface area (Å²) >= 11 is 0. The Balaban J connectivity index is 0.00000264. The monoisotopic (exact) mass is 356 g/mol. The van der Waals surface area contributed by atoms with E-state index in [-0.39, 0.29) is 29.0 Å². The van der Waals surface area contributed by atoms with E-state index in [2.05, 4.69) is 0 Å². The predicted octanol–water partition coefficient (Wildman–Crippen LogP) is 2.44. The van der Waals surface area contributed by atoms with E-state index in [1.54, 1.807) is 25.7 Å². The third-order valence-corrected chi connectivity index (χ3v) is 3.30. The summed E-state index contributed by atoms with van der Waals surface area (Å²) in [6.45, 7) is 0.856. The van der Waals surface area contributed by atoms with Gasteiger partial charge in [0.05, 0.1) is 25.0 Å². The molecule has 2 rings (SSSR count). The summed E-state index contributed by atoms with van der Waals surface area (Å²) in [6, 6.07) is 0. The molecule has 23 heavy (non-hydrogen) atoms. The van der Waals surface area contributed by atoms with Crippen molar-refractivity contribution in [2.24, 2.45) is 0 Å². The average Bonchev–Trinajstić information content (AvgIpc) is 3.22. The van der Waals surface area contributed by atoms with Gasteiger partial charge in [-0.05, 0) is 77.0 Å². The Labute approximate surface area is 150 Å². The van der Waals surface area contributed by atoms with Crippen LogP contribution in [-0.4, -0.2) is 25.2 Å². The van der Waals surface area contributed by atoms with Crippen LogP contribution in [0.1, 0.15) is 25.7 Å². The summed E-state index contributed by atoms with van der Waals surface area (Å²) in [6.07, 6.45) is 17.7. The second-order valence-corrected chi connectivity index (χ2v) is 5.03. The van der Waals surface area contributed by atoms with E-state index in [0.717, 1.165) is 25.7 Å². The van der Waals surface area contributed by atoms with Crippen molar-refractivity contribution in [2.75, 3.05) is 13.2 Å². The third kappa shape index (κ3) is 7.71. The number of unbranched alkanes of at least 4 members (excludes halogenated alkanes) is 3. The van der Waals surface area contributed by atoms with Crippen molar-refractivity contribution < 1.29 is 36.1 Å². The largest absolute Gasteiger partial charge is 2.00 e. The van der Waals surface area contributed by atoms with Crippen molar-refractivity contribution in [2.45, 2.75) is 25.7 Å². The molecule has 0 aromatic carbocycles. The fourth-order valence-electron chi connectivity index (χ4n) is 2.07. The minimum absolute atomic E-state index is 0. The molecule has 0 bridgehead atoms. The Kier molecular flexibility index (Phi) is 10.6. The Hall–Kier alpha value is -0.541. The van der Waals surface area contributed by atoms with Gasteiger partial charge in [-0.3, -0.25) is 9.59 Å². The van der Waals surface area contributed by atoms with Gasteiger partial charge in [-0.1, -0.05) is 0 Å². The number of carbonyl (C=O) groups is 2. The van der Waals surface area contributed by atoms with Crippen molar-refractivity contribution in [1.29, 1.82) is 0 Å². The Bertz CT molecular complexity index is 313. The van der Waals surface area contributed by atoms with Crippen molar-refractivity contribution in [3.8, 4) is 0 Å². The summed E-state index contributed by atoms with van der Waals surface area (Å²) in [5, 5.41) is 0. The smallest absolute Gasteiger partial charge is 0.465 e. The van der Waals surface area contributed by atoms with Gasteiger partial charge in [0.2, 0.25) is 0 Å². The fraction of sp³-hybridized carbons (Fsp3) is 0.333. The van der Waals surface area contributed by atoms with E-state index in [1.165, 1.54) is 0 Å². The molecule has 0 aliphatic heterocycles. The van der Waals surface area contributed by atoms with Crippen LogP contribution in [-0.2, 0) is 36.1 Å². The summed E-state index contributed by atoms with van der Waals surface area (Å²) < 4.78 is 10.3. The van der Waals surface area contributed by atoms with Gasteiger partial charge in [0.25, 0.3) is 0 Å².